The first-order valence-electron chi connectivity index (χ1n) is 5.88. The number of nitrogens with zero attached hydrogens (tertiary/aromatic N) is 2. The van der Waals surface area contributed by atoms with E-state index < -0.39 is 0 Å². The van der Waals surface area contributed by atoms with Crippen molar-refractivity contribution in [1.82, 2.24) is 9.97 Å². The largest absolute Gasteiger partial charge is 0.465 e. The van der Waals surface area contributed by atoms with Crippen LogP contribution in [0.3, 0.4) is 0 Å². The Bertz CT molecular complexity index is 570. The molecule has 0 aliphatic heterocycles. The number of hydrogen-bond donors (Lipinski definition) is 1. The van der Waals surface area contributed by atoms with Gasteiger partial charge in [-0.1, -0.05) is 6.07 Å². The average Bonchev–Trinajstić information content (AvgIpc) is 2.46. The van der Waals surface area contributed by atoms with Gasteiger partial charge in [-0.2, -0.15) is 0 Å². The predicted molar refractivity (Wildman–Crippen MR) is 71.9 cm³/mol. The molecule has 0 bridgehead atoms. The molecule has 1 aromatic heterocycles. The summed E-state index contributed by atoms with van der Waals surface area (Å²) >= 11 is 0. The quantitative estimate of drug-likeness (QED) is 0.850. The first-order valence-corrected chi connectivity index (χ1v) is 5.88. The highest BCUT2D eigenvalue weighted by Gasteiger charge is 2.07. The molecule has 5 nitrogen and oxygen atoms in total. The first kappa shape index (κ1) is 13.0. The van der Waals surface area contributed by atoms with Gasteiger partial charge in [0.15, 0.2) is 0 Å². The normalized spacial score (nSPS) is 10.0. The molecule has 0 aliphatic carbocycles. The van der Waals surface area contributed by atoms with Gasteiger partial charge in [0.25, 0.3) is 0 Å². The zero-order chi connectivity index (χ0) is 13.7. The monoisotopic (exact) mass is 257 g/mol. The second kappa shape index (κ2) is 5.95. The van der Waals surface area contributed by atoms with Gasteiger partial charge in [-0.3, -0.25) is 0 Å². The van der Waals surface area contributed by atoms with Crippen LogP contribution in [0.15, 0.2) is 36.8 Å². The molecular weight excluding hydrogens is 242 g/mol. The lowest BCUT2D eigenvalue weighted by Crippen LogP contribution is -2.06. The van der Waals surface area contributed by atoms with E-state index in [4.69, 9.17) is 4.74 Å². The van der Waals surface area contributed by atoms with E-state index >= 15 is 0 Å². The van der Waals surface area contributed by atoms with Crippen LogP contribution in [0.5, 0.6) is 0 Å². The fraction of sp³-hybridized carbons (Fsp3) is 0.214. The Morgan fingerprint density at radius 3 is 2.89 bits per heavy atom. The summed E-state index contributed by atoms with van der Waals surface area (Å²) in [5, 5.41) is 3.25. The first-order chi connectivity index (χ1) is 9.20. The molecule has 1 N–H and O–H groups in total. The molecule has 0 saturated carbocycles. The number of rotatable bonds is 4. The van der Waals surface area contributed by atoms with Gasteiger partial charge in [0.1, 0.15) is 6.33 Å². The molecule has 1 aromatic carbocycles. The molecule has 0 amide bonds. The molecule has 0 unspecified atom stereocenters. The minimum atomic E-state index is -0.343. The number of ether oxygens (including phenoxy) is 1. The molecule has 0 radical (unpaired) electrons. The molecule has 0 aliphatic rings. The number of carbonyl (C=O) groups is 1. The van der Waals surface area contributed by atoms with Gasteiger partial charge in [-0.25, -0.2) is 14.8 Å². The molecule has 1 heterocycles. The fourth-order valence-electron chi connectivity index (χ4n) is 1.67. The van der Waals surface area contributed by atoms with Crippen molar-refractivity contribution in [2.24, 2.45) is 0 Å². The summed E-state index contributed by atoms with van der Waals surface area (Å²) in [7, 11) is 1.37. The van der Waals surface area contributed by atoms with Crippen LogP contribution in [-0.4, -0.2) is 23.0 Å². The van der Waals surface area contributed by atoms with Crippen molar-refractivity contribution < 1.29 is 9.53 Å². The molecule has 2 rings (SSSR count). The summed E-state index contributed by atoms with van der Waals surface area (Å²) in [6, 6.07) is 7.25. The average molecular weight is 257 g/mol. The van der Waals surface area contributed by atoms with Crippen molar-refractivity contribution in [3.63, 3.8) is 0 Å². The summed E-state index contributed by atoms with van der Waals surface area (Å²) in [5.41, 5.74) is 3.36. The van der Waals surface area contributed by atoms with Gasteiger partial charge in [-0.05, 0) is 30.7 Å². The molecule has 2 aromatic rings. The molecule has 0 saturated heterocycles. The Labute approximate surface area is 111 Å². The lowest BCUT2D eigenvalue weighted by atomic mass is 10.1. The third-order valence-electron chi connectivity index (χ3n) is 2.76. The number of anilines is 1. The lowest BCUT2D eigenvalue weighted by molar-refractivity contribution is 0.0601. The van der Waals surface area contributed by atoms with E-state index in [2.05, 4.69) is 15.3 Å². The predicted octanol–water partition coefficient (Wildman–Crippen LogP) is 2.18. The second-order valence-corrected chi connectivity index (χ2v) is 4.08. The Kier molecular flexibility index (Phi) is 4.07. The third-order valence-corrected chi connectivity index (χ3v) is 2.76. The maximum absolute atomic E-state index is 11.5. The summed E-state index contributed by atoms with van der Waals surface area (Å²) in [5.74, 6) is -0.343. The fourth-order valence-corrected chi connectivity index (χ4v) is 1.67. The van der Waals surface area contributed by atoms with E-state index in [9.17, 15) is 4.79 Å². The van der Waals surface area contributed by atoms with Crippen LogP contribution in [0.4, 0.5) is 5.69 Å². The number of carbonyl (C=O) groups excluding carboxylic acids is 1. The van der Waals surface area contributed by atoms with Crippen molar-refractivity contribution in [3.8, 4) is 0 Å². The van der Waals surface area contributed by atoms with Crippen molar-refractivity contribution in [2.45, 2.75) is 13.5 Å². The highest BCUT2D eigenvalue weighted by atomic mass is 16.5. The van der Waals surface area contributed by atoms with Crippen LogP contribution in [0, 0.1) is 6.92 Å². The zero-order valence-corrected chi connectivity index (χ0v) is 10.9. The van der Waals surface area contributed by atoms with Gasteiger partial charge < -0.3 is 10.1 Å². The van der Waals surface area contributed by atoms with Crippen LogP contribution in [0.2, 0.25) is 0 Å². The van der Waals surface area contributed by atoms with E-state index in [1.54, 1.807) is 18.3 Å². The molecule has 5 heteroatoms. The number of benzene rings is 1. The van der Waals surface area contributed by atoms with Gasteiger partial charge in [0, 0.05) is 11.9 Å². The number of aromatic nitrogens is 2. The Balaban J connectivity index is 2.13. The van der Waals surface area contributed by atoms with Crippen LogP contribution in [0.25, 0.3) is 0 Å². The molecule has 98 valence electrons. The maximum Gasteiger partial charge on any atom is 0.337 e. The van der Waals surface area contributed by atoms with Crippen LogP contribution in [-0.2, 0) is 11.3 Å². The minimum Gasteiger partial charge on any atom is -0.465 e. The molecular formula is C14H15N3O2. The molecule has 0 atom stereocenters. The number of methoxy groups -OCH3 is 1. The summed E-state index contributed by atoms with van der Waals surface area (Å²) in [6.07, 6.45) is 3.20. The van der Waals surface area contributed by atoms with Crippen LogP contribution in [0.1, 0.15) is 21.6 Å². The zero-order valence-electron chi connectivity index (χ0n) is 10.9. The highest BCUT2D eigenvalue weighted by Crippen LogP contribution is 2.18. The topological polar surface area (TPSA) is 64.1 Å². The Morgan fingerprint density at radius 2 is 2.21 bits per heavy atom. The summed E-state index contributed by atoms with van der Waals surface area (Å²) in [4.78, 5) is 19.5. The Hall–Kier alpha value is -2.43. The van der Waals surface area contributed by atoms with Crippen molar-refractivity contribution in [3.05, 3.63) is 53.6 Å². The second-order valence-electron chi connectivity index (χ2n) is 4.08. The van der Waals surface area contributed by atoms with Gasteiger partial charge in [0.05, 0.1) is 24.9 Å². The molecule has 0 fully saturated rings. The summed E-state index contributed by atoms with van der Waals surface area (Å²) in [6.45, 7) is 2.55. The SMILES string of the molecule is COC(=O)c1ccc(C)c(NCc2ccncn2)c1. The van der Waals surface area contributed by atoms with Gasteiger partial charge in [-0.15, -0.1) is 0 Å². The van der Waals surface area contributed by atoms with Gasteiger partial charge >= 0.3 is 5.97 Å². The third kappa shape index (κ3) is 3.28. The van der Waals surface area contributed by atoms with Crippen molar-refractivity contribution in [2.75, 3.05) is 12.4 Å². The highest BCUT2D eigenvalue weighted by molar-refractivity contribution is 5.90. The van der Waals surface area contributed by atoms with E-state index in [1.165, 1.54) is 13.4 Å². The van der Waals surface area contributed by atoms with E-state index in [0.717, 1.165) is 16.9 Å². The molecule has 0 spiro atoms. The van der Waals surface area contributed by atoms with Gasteiger partial charge in [0.2, 0.25) is 0 Å². The smallest absolute Gasteiger partial charge is 0.337 e. The van der Waals surface area contributed by atoms with Crippen LogP contribution < -0.4 is 5.32 Å². The van der Waals surface area contributed by atoms with E-state index in [-0.39, 0.29) is 5.97 Å². The minimum absolute atomic E-state index is 0.343. The number of esters is 1. The number of nitrogens with one attached hydrogen (secondary N) is 1. The number of hydrogen-bond acceptors (Lipinski definition) is 5. The van der Waals surface area contributed by atoms with E-state index in [0.29, 0.717) is 12.1 Å². The Morgan fingerprint density at radius 1 is 1.37 bits per heavy atom. The number of aryl methyl sites for hydroxylation is 1. The maximum atomic E-state index is 11.5. The van der Waals surface area contributed by atoms with Crippen molar-refractivity contribution in [1.29, 1.82) is 0 Å². The lowest BCUT2D eigenvalue weighted by Gasteiger charge is -2.10. The summed E-state index contributed by atoms with van der Waals surface area (Å²) < 4.78 is 4.71. The molecule has 19 heavy (non-hydrogen) atoms. The van der Waals surface area contributed by atoms with Crippen LogP contribution >= 0.6 is 0 Å². The standard InChI is InChI=1S/C14H15N3O2/c1-10-3-4-11(14(18)19-2)7-13(10)16-8-12-5-6-15-9-17-12/h3-7,9,16H,8H2,1-2H3. The van der Waals surface area contributed by atoms with E-state index in [1.807, 2.05) is 19.1 Å². The van der Waals surface area contributed by atoms with Crippen molar-refractivity contribution >= 4 is 11.7 Å².